The van der Waals surface area contributed by atoms with Crippen molar-refractivity contribution in [3.8, 4) is 5.75 Å². The van der Waals surface area contributed by atoms with Gasteiger partial charge >= 0.3 is 0 Å². The van der Waals surface area contributed by atoms with Crippen molar-refractivity contribution in [1.82, 2.24) is 5.32 Å². The monoisotopic (exact) mass is 276 g/mol. The average Bonchev–Trinajstić information content (AvgIpc) is 2.42. The van der Waals surface area contributed by atoms with Gasteiger partial charge in [-0.2, -0.15) is 0 Å². The fourth-order valence-electron chi connectivity index (χ4n) is 2.80. The molecule has 2 N–H and O–H groups in total. The van der Waals surface area contributed by atoms with Crippen LogP contribution in [0.25, 0.3) is 0 Å². The first-order valence-corrected chi connectivity index (χ1v) is 7.21. The molecular weight excluding hydrogens is 252 g/mol. The Morgan fingerprint density at radius 2 is 2.15 bits per heavy atom. The van der Waals surface area contributed by atoms with Crippen LogP contribution >= 0.6 is 0 Å². The molecule has 20 heavy (non-hydrogen) atoms. The van der Waals surface area contributed by atoms with Crippen LogP contribution in [-0.2, 0) is 4.79 Å². The Balaban J connectivity index is 2.11. The Labute approximate surface area is 120 Å². The summed E-state index contributed by atoms with van der Waals surface area (Å²) in [5.74, 6) is 1.49. The SMILES string of the molecule is COc1c(C)ccc(NC(=O)C2CC(C)CCN2)c1C. The lowest BCUT2D eigenvalue weighted by Gasteiger charge is -2.27. The van der Waals surface area contributed by atoms with E-state index in [0.29, 0.717) is 5.92 Å². The maximum absolute atomic E-state index is 12.3. The molecule has 2 rings (SSSR count). The fourth-order valence-corrected chi connectivity index (χ4v) is 2.80. The Morgan fingerprint density at radius 3 is 2.80 bits per heavy atom. The summed E-state index contributed by atoms with van der Waals surface area (Å²) in [7, 11) is 1.66. The van der Waals surface area contributed by atoms with Gasteiger partial charge in [-0.3, -0.25) is 4.79 Å². The number of ether oxygens (including phenoxy) is 1. The standard InChI is InChI=1S/C16H24N2O2/c1-10-7-8-17-14(9-10)16(19)18-13-6-5-11(2)15(20-4)12(13)3/h5-6,10,14,17H,7-9H2,1-4H3,(H,18,19). The number of anilines is 1. The van der Waals surface area contributed by atoms with E-state index in [4.69, 9.17) is 4.74 Å². The highest BCUT2D eigenvalue weighted by atomic mass is 16.5. The highest BCUT2D eigenvalue weighted by Gasteiger charge is 2.25. The van der Waals surface area contributed by atoms with E-state index >= 15 is 0 Å². The number of aryl methyl sites for hydroxylation is 1. The van der Waals surface area contributed by atoms with Crippen molar-refractivity contribution in [3.63, 3.8) is 0 Å². The van der Waals surface area contributed by atoms with Gasteiger partial charge < -0.3 is 15.4 Å². The number of benzene rings is 1. The molecule has 1 aromatic carbocycles. The van der Waals surface area contributed by atoms with Crippen LogP contribution in [0.2, 0.25) is 0 Å². The highest BCUT2D eigenvalue weighted by Crippen LogP contribution is 2.29. The van der Waals surface area contributed by atoms with E-state index in [9.17, 15) is 4.79 Å². The quantitative estimate of drug-likeness (QED) is 0.892. The predicted octanol–water partition coefficient (Wildman–Crippen LogP) is 2.64. The van der Waals surface area contributed by atoms with Crippen LogP contribution in [0.3, 0.4) is 0 Å². The van der Waals surface area contributed by atoms with Gasteiger partial charge in [0, 0.05) is 11.3 Å². The molecule has 110 valence electrons. The second-order valence-corrected chi connectivity index (χ2v) is 5.71. The molecule has 0 saturated carbocycles. The summed E-state index contributed by atoms with van der Waals surface area (Å²) in [6.07, 6.45) is 2.04. The van der Waals surface area contributed by atoms with Gasteiger partial charge in [-0.15, -0.1) is 0 Å². The average molecular weight is 276 g/mol. The van der Waals surface area contributed by atoms with Gasteiger partial charge in [-0.1, -0.05) is 13.0 Å². The van der Waals surface area contributed by atoms with Crippen molar-refractivity contribution < 1.29 is 9.53 Å². The first kappa shape index (κ1) is 14.9. The summed E-state index contributed by atoms with van der Waals surface area (Å²) in [5, 5.41) is 6.31. The Hall–Kier alpha value is -1.55. The van der Waals surface area contributed by atoms with Crippen molar-refractivity contribution in [2.75, 3.05) is 19.0 Å². The summed E-state index contributed by atoms with van der Waals surface area (Å²) in [4.78, 5) is 12.3. The van der Waals surface area contributed by atoms with Crippen LogP contribution in [-0.4, -0.2) is 25.6 Å². The van der Waals surface area contributed by atoms with Gasteiger partial charge in [-0.25, -0.2) is 0 Å². The van der Waals surface area contributed by atoms with Gasteiger partial charge in [-0.05, 0) is 50.8 Å². The molecule has 1 amide bonds. The third kappa shape index (κ3) is 3.12. The molecule has 0 radical (unpaired) electrons. The van der Waals surface area contributed by atoms with Crippen LogP contribution in [0.4, 0.5) is 5.69 Å². The van der Waals surface area contributed by atoms with E-state index < -0.39 is 0 Å². The number of piperidine rings is 1. The number of carbonyl (C=O) groups is 1. The molecule has 2 atom stereocenters. The molecule has 1 heterocycles. The van der Waals surface area contributed by atoms with Crippen molar-refractivity contribution in [2.45, 2.75) is 39.7 Å². The minimum absolute atomic E-state index is 0.0468. The van der Waals surface area contributed by atoms with Gasteiger partial charge in [0.25, 0.3) is 0 Å². The Bertz CT molecular complexity index is 499. The second-order valence-electron chi connectivity index (χ2n) is 5.71. The largest absolute Gasteiger partial charge is 0.496 e. The second kappa shape index (κ2) is 6.27. The topological polar surface area (TPSA) is 50.4 Å². The summed E-state index contributed by atoms with van der Waals surface area (Å²) in [6, 6.07) is 3.82. The highest BCUT2D eigenvalue weighted by molar-refractivity contribution is 5.95. The molecule has 0 spiro atoms. The predicted molar refractivity (Wildman–Crippen MR) is 81.3 cm³/mol. The Morgan fingerprint density at radius 1 is 1.40 bits per heavy atom. The summed E-state index contributed by atoms with van der Waals surface area (Å²) in [5.41, 5.74) is 2.88. The third-order valence-corrected chi connectivity index (χ3v) is 4.05. The number of hydrogen-bond acceptors (Lipinski definition) is 3. The van der Waals surface area contributed by atoms with E-state index in [1.54, 1.807) is 7.11 Å². The number of hydrogen-bond donors (Lipinski definition) is 2. The molecule has 4 nitrogen and oxygen atoms in total. The van der Waals surface area contributed by atoms with Crippen LogP contribution in [0, 0.1) is 19.8 Å². The smallest absolute Gasteiger partial charge is 0.241 e. The molecule has 0 aromatic heterocycles. The van der Waals surface area contributed by atoms with E-state index in [0.717, 1.165) is 42.0 Å². The third-order valence-electron chi connectivity index (χ3n) is 4.05. The van der Waals surface area contributed by atoms with Crippen molar-refractivity contribution >= 4 is 11.6 Å². The molecule has 1 saturated heterocycles. The van der Waals surface area contributed by atoms with Crippen LogP contribution in [0.5, 0.6) is 5.75 Å². The summed E-state index contributed by atoms with van der Waals surface area (Å²) in [6.45, 7) is 7.08. The molecule has 4 heteroatoms. The lowest BCUT2D eigenvalue weighted by atomic mass is 9.94. The van der Waals surface area contributed by atoms with Crippen molar-refractivity contribution in [2.24, 2.45) is 5.92 Å². The maximum atomic E-state index is 12.3. The first-order valence-electron chi connectivity index (χ1n) is 7.21. The Kier molecular flexibility index (Phi) is 4.65. The minimum atomic E-state index is -0.0922. The number of amides is 1. The summed E-state index contributed by atoms with van der Waals surface area (Å²) < 4.78 is 5.39. The lowest BCUT2D eigenvalue weighted by Crippen LogP contribution is -2.45. The van der Waals surface area contributed by atoms with E-state index in [-0.39, 0.29) is 11.9 Å². The van der Waals surface area contributed by atoms with Crippen LogP contribution in [0.1, 0.15) is 30.9 Å². The van der Waals surface area contributed by atoms with Gasteiger partial charge in [0.15, 0.2) is 0 Å². The molecule has 0 bridgehead atoms. The molecule has 1 aliphatic heterocycles. The van der Waals surface area contributed by atoms with Crippen LogP contribution < -0.4 is 15.4 Å². The first-order chi connectivity index (χ1) is 9.52. The molecule has 1 aliphatic rings. The zero-order valence-corrected chi connectivity index (χ0v) is 12.7. The number of rotatable bonds is 3. The normalized spacial score (nSPS) is 22.4. The van der Waals surface area contributed by atoms with Crippen LogP contribution in [0.15, 0.2) is 12.1 Å². The van der Waals surface area contributed by atoms with Gasteiger partial charge in [0.2, 0.25) is 5.91 Å². The summed E-state index contributed by atoms with van der Waals surface area (Å²) >= 11 is 0. The van der Waals surface area contributed by atoms with Crippen molar-refractivity contribution in [3.05, 3.63) is 23.3 Å². The number of methoxy groups -OCH3 is 1. The zero-order valence-electron chi connectivity index (χ0n) is 12.7. The molecule has 1 fully saturated rings. The van der Waals surface area contributed by atoms with E-state index in [1.807, 2.05) is 26.0 Å². The minimum Gasteiger partial charge on any atom is -0.496 e. The van der Waals surface area contributed by atoms with E-state index in [2.05, 4.69) is 17.6 Å². The fraction of sp³-hybridized carbons (Fsp3) is 0.562. The lowest BCUT2D eigenvalue weighted by molar-refractivity contribution is -0.119. The molecule has 1 aromatic rings. The van der Waals surface area contributed by atoms with Gasteiger partial charge in [0.1, 0.15) is 5.75 Å². The molecular formula is C16H24N2O2. The number of nitrogens with one attached hydrogen (secondary N) is 2. The molecule has 0 aliphatic carbocycles. The molecule has 2 unspecified atom stereocenters. The van der Waals surface area contributed by atoms with Crippen molar-refractivity contribution in [1.29, 1.82) is 0 Å². The maximum Gasteiger partial charge on any atom is 0.241 e. The van der Waals surface area contributed by atoms with E-state index in [1.165, 1.54) is 0 Å². The number of carbonyl (C=O) groups excluding carboxylic acids is 1. The zero-order chi connectivity index (χ0) is 14.7. The van der Waals surface area contributed by atoms with Gasteiger partial charge in [0.05, 0.1) is 13.2 Å².